The molecule has 2 aliphatic heterocycles. The van der Waals surface area contributed by atoms with Crippen LogP contribution in [-0.2, 0) is 29.2 Å². The molecule has 10 nitrogen and oxygen atoms in total. The number of nitriles is 1. The van der Waals surface area contributed by atoms with E-state index in [1.807, 2.05) is 50.2 Å². The van der Waals surface area contributed by atoms with Gasteiger partial charge in [0.1, 0.15) is 18.2 Å². The van der Waals surface area contributed by atoms with Crippen LogP contribution >= 0.6 is 0 Å². The molecule has 4 aromatic rings. The van der Waals surface area contributed by atoms with E-state index in [1.54, 1.807) is 25.3 Å². The van der Waals surface area contributed by atoms with Crippen LogP contribution in [0.15, 0.2) is 54.6 Å². The van der Waals surface area contributed by atoms with Crippen LogP contribution in [0.1, 0.15) is 72.0 Å². The number of likely N-dealkylation sites (tertiary alicyclic amines) is 1. The lowest BCUT2D eigenvalue weighted by Crippen LogP contribution is -2.46. The van der Waals surface area contributed by atoms with Crippen LogP contribution in [0, 0.1) is 17.1 Å². The van der Waals surface area contributed by atoms with E-state index in [9.17, 15) is 9.18 Å². The number of carbonyl (C=O) groups excluding carboxylic acids is 1. The van der Waals surface area contributed by atoms with Gasteiger partial charge in [0.2, 0.25) is 5.88 Å². The van der Waals surface area contributed by atoms with E-state index in [4.69, 9.17) is 29.4 Å². The maximum absolute atomic E-state index is 14.3. The van der Waals surface area contributed by atoms with E-state index in [0.717, 1.165) is 61.5 Å². The fourth-order valence-electron chi connectivity index (χ4n) is 6.26. The standard InChI is InChI=1S/C36H41FN6O4/c1-36(2,23-45-3)41-35(44)26-9-10-31-32(18-26)43(20-28-13-16-46-28)33(39-31)21-42-14-11-25(12-15-42)30-5-4-6-34(40-30)47-22-27-8-7-24(19-38)17-29(27)37/h4-10,17-18,25,28H,11-16,20-23H2,1-3H3,(H,41,44). The fourth-order valence-corrected chi connectivity index (χ4v) is 6.26. The summed E-state index contributed by atoms with van der Waals surface area (Å²) in [5, 5.41) is 12.0. The molecule has 246 valence electrons. The lowest BCUT2D eigenvalue weighted by atomic mass is 9.93. The van der Waals surface area contributed by atoms with E-state index in [2.05, 4.69) is 14.8 Å². The lowest BCUT2D eigenvalue weighted by Gasteiger charge is -2.32. The Morgan fingerprint density at radius 2 is 1.94 bits per heavy atom. The first-order valence-electron chi connectivity index (χ1n) is 16.1. The van der Waals surface area contributed by atoms with Crippen molar-refractivity contribution in [3.05, 3.63) is 88.6 Å². The molecule has 2 aliphatic rings. The van der Waals surface area contributed by atoms with Crippen LogP contribution < -0.4 is 10.1 Å². The van der Waals surface area contributed by atoms with Gasteiger partial charge in [-0.3, -0.25) is 9.69 Å². The number of ether oxygens (including phenoxy) is 3. The van der Waals surface area contributed by atoms with Crippen LogP contribution in [-0.4, -0.2) is 70.4 Å². The highest BCUT2D eigenvalue weighted by molar-refractivity contribution is 5.97. The van der Waals surface area contributed by atoms with Crippen LogP contribution in [0.3, 0.4) is 0 Å². The van der Waals surface area contributed by atoms with Crippen molar-refractivity contribution in [2.24, 2.45) is 0 Å². The average molecular weight is 641 g/mol. The minimum atomic E-state index is -0.493. The van der Waals surface area contributed by atoms with Gasteiger partial charge in [-0.15, -0.1) is 0 Å². The van der Waals surface area contributed by atoms with Crippen molar-refractivity contribution in [1.29, 1.82) is 5.26 Å². The van der Waals surface area contributed by atoms with E-state index < -0.39 is 11.4 Å². The van der Waals surface area contributed by atoms with Gasteiger partial charge >= 0.3 is 0 Å². The van der Waals surface area contributed by atoms with Crippen molar-refractivity contribution in [3.8, 4) is 11.9 Å². The highest BCUT2D eigenvalue weighted by atomic mass is 19.1. The van der Waals surface area contributed by atoms with Gasteiger partial charge < -0.3 is 24.1 Å². The Hall–Kier alpha value is -4.37. The molecule has 4 heterocycles. The normalized spacial score (nSPS) is 17.3. The molecule has 0 spiro atoms. The topological polar surface area (TPSA) is 115 Å². The maximum Gasteiger partial charge on any atom is 0.251 e. The van der Waals surface area contributed by atoms with Gasteiger partial charge in [0, 0.05) is 42.5 Å². The minimum absolute atomic E-state index is 0.0390. The average Bonchev–Trinajstić information content (AvgIpc) is 3.38. The van der Waals surface area contributed by atoms with Crippen LogP contribution in [0.2, 0.25) is 0 Å². The number of piperidine rings is 1. The number of hydrogen-bond donors (Lipinski definition) is 1. The number of imidazole rings is 1. The number of rotatable bonds is 12. The Balaban J connectivity index is 1.11. The quantitative estimate of drug-likeness (QED) is 0.221. The number of benzene rings is 2. The molecule has 6 rings (SSSR count). The molecular formula is C36H41FN6O4. The molecule has 0 bridgehead atoms. The number of nitrogens with one attached hydrogen (secondary N) is 1. The Kier molecular flexibility index (Phi) is 9.82. The molecule has 0 saturated carbocycles. The van der Waals surface area contributed by atoms with Crippen molar-refractivity contribution in [2.75, 3.05) is 33.4 Å². The van der Waals surface area contributed by atoms with Crippen LogP contribution in [0.25, 0.3) is 11.0 Å². The molecular weight excluding hydrogens is 599 g/mol. The molecule has 1 unspecified atom stereocenters. The molecule has 0 radical (unpaired) electrons. The molecule has 2 saturated heterocycles. The second-order valence-electron chi connectivity index (χ2n) is 13.1. The van der Waals surface area contributed by atoms with Gasteiger partial charge in [0.15, 0.2) is 0 Å². The van der Waals surface area contributed by atoms with Crippen LogP contribution in [0.4, 0.5) is 4.39 Å². The first-order valence-corrected chi connectivity index (χ1v) is 16.1. The molecule has 1 N–H and O–H groups in total. The summed E-state index contributed by atoms with van der Waals surface area (Å²) in [6.45, 7) is 8.28. The maximum atomic E-state index is 14.3. The van der Waals surface area contributed by atoms with E-state index in [-0.39, 0.29) is 30.1 Å². The molecule has 1 amide bonds. The second kappa shape index (κ2) is 14.2. The highest BCUT2D eigenvalue weighted by Gasteiger charge is 2.27. The molecule has 0 aliphatic carbocycles. The molecule has 2 aromatic heterocycles. The summed E-state index contributed by atoms with van der Waals surface area (Å²) in [5.74, 6) is 1.10. The largest absolute Gasteiger partial charge is 0.473 e. The summed E-state index contributed by atoms with van der Waals surface area (Å²) in [6, 6.07) is 17.7. The Morgan fingerprint density at radius 1 is 1.13 bits per heavy atom. The zero-order chi connectivity index (χ0) is 33.0. The summed E-state index contributed by atoms with van der Waals surface area (Å²) in [5.41, 5.74) is 3.52. The number of carbonyl (C=O) groups is 1. The van der Waals surface area contributed by atoms with E-state index >= 15 is 0 Å². The second-order valence-corrected chi connectivity index (χ2v) is 13.1. The number of nitrogens with zero attached hydrogens (tertiary/aromatic N) is 5. The van der Waals surface area contributed by atoms with Gasteiger partial charge in [-0.25, -0.2) is 14.4 Å². The Labute approximate surface area is 274 Å². The van der Waals surface area contributed by atoms with Crippen molar-refractivity contribution < 1.29 is 23.4 Å². The molecule has 1 atom stereocenters. The number of pyridine rings is 1. The number of hydrogen-bond acceptors (Lipinski definition) is 8. The number of methoxy groups -OCH3 is 1. The summed E-state index contributed by atoms with van der Waals surface area (Å²) >= 11 is 0. The summed E-state index contributed by atoms with van der Waals surface area (Å²) < 4.78 is 33.4. The third-order valence-corrected chi connectivity index (χ3v) is 8.90. The number of amides is 1. The van der Waals surface area contributed by atoms with Gasteiger partial charge in [0.05, 0.1) is 54.0 Å². The third kappa shape index (κ3) is 7.79. The molecule has 47 heavy (non-hydrogen) atoms. The smallest absolute Gasteiger partial charge is 0.251 e. The number of fused-ring (bicyclic) bond motifs is 1. The molecule has 2 fully saturated rings. The first-order chi connectivity index (χ1) is 22.7. The fraction of sp³-hybridized carbons (Fsp3) is 0.444. The number of halogens is 1. The van der Waals surface area contributed by atoms with Crippen molar-refractivity contribution >= 4 is 16.9 Å². The summed E-state index contributed by atoms with van der Waals surface area (Å²) in [6.07, 6.45) is 3.03. The predicted octanol–water partition coefficient (Wildman–Crippen LogP) is 5.34. The zero-order valence-corrected chi connectivity index (χ0v) is 27.2. The molecule has 11 heteroatoms. The SMILES string of the molecule is COCC(C)(C)NC(=O)c1ccc2nc(CN3CCC(c4cccc(OCc5ccc(C#N)cc5F)n4)CC3)n(CC3CCO3)c2c1. The van der Waals surface area contributed by atoms with Crippen molar-refractivity contribution in [3.63, 3.8) is 0 Å². The Morgan fingerprint density at radius 3 is 2.64 bits per heavy atom. The van der Waals surface area contributed by atoms with Gasteiger partial charge in [0.25, 0.3) is 5.91 Å². The van der Waals surface area contributed by atoms with Gasteiger partial charge in [-0.05, 0) is 82.6 Å². The highest BCUT2D eigenvalue weighted by Crippen LogP contribution is 2.30. The lowest BCUT2D eigenvalue weighted by molar-refractivity contribution is -0.0592. The van der Waals surface area contributed by atoms with Gasteiger partial charge in [-0.2, -0.15) is 5.26 Å². The first kappa shape index (κ1) is 32.6. The molecule has 2 aromatic carbocycles. The zero-order valence-electron chi connectivity index (χ0n) is 27.2. The van der Waals surface area contributed by atoms with E-state index in [1.165, 1.54) is 6.07 Å². The van der Waals surface area contributed by atoms with E-state index in [0.29, 0.717) is 36.7 Å². The minimum Gasteiger partial charge on any atom is -0.473 e. The summed E-state index contributed by atoms with van der Waals surface area (Å²) in [4.78, 5) is 25.3. The van der Waals surface area contributed by atoms with Gasteiger partial charge in [-0.1, -0.05) is 12.1 Å². The third-order valence-electron chi connectivity index (χ3n) is 8.90. The predicted molar refractivity (Wildman–Crippen MR) is 174 cm³/mol. The summed E-state index contributed by atoms with van der Waals surface area (Å²) in [7, 11) is 1.63. The van der Waals surface area contributed by atoms with Crippen molar-refractivity contribution in [1.82, 2.24) is 24.8 Å². The number of aromatic nitrogens is 3. The monoisotopic (exact) mass is 640 g/mol. The van der Waals surface area contributed by atoms with Crippen molar-refractivity contribution in [2.45, 2.75) is 70.4 Å². The Bertz CT molecular complexity index is 1770. The van der Waals surface area contributed by atoms with Crippen LogP contribution in [0.5, 0.6) is 5.88 Å².